The molecular weight excluding hydrogens is 346 g/mol. The van der Waals surface area contributed by atoms with Crippen LogP contribution in [0.1, 0.15) is 29.6 Å². The second kappa shape index (κ2) is 6.90. The standard InChI is InChI=1S/C20H21N3O4/c24-17-15(7-8-16(22-17)14-5-2-1-3-6-14)18(25)23-11-4-9-20(10-12-23)13-21-19(26)27-20/h1-3,5-8H,4,9-13H2,(H,21,26)(H,22,24). The largest absolute Gasteiger partial charge is 0.441 e. The van der Waals surface area contributed by atoms with E-state index in [1.54, 1.807) is 17.0 Å². The molecule has 1 aromatic heterocycles. The van der Waals surface area contributed by atoms with Gasteiger partial charge >= 0.3 is 6.09 Å². The first-order chi connectivity index (χ1) is 13.1. The van der Waals surface area contributed by atoms with Gasteiger partial charge in [-0.2, -0.15) is 0 Å². The number of carbonyl (C=O) groups is 2. The molecule has 4 rings (SSSR count). The summed E-state index contributed by atoms with van der Waals surface area (Å²) in [5.41, 5.74) is 0.772. The Morgan fingerprint density at radius 3 is 2.56 bits per heavy atom. The molecule has 2 fully saturated rings. The third-order valence-electron chi connectivity index (χ3n) is 5.27. The molecule has 140 valence electrons. The Labute approximate surface area is 156 Å². The maximum Gasteiger partial charge on any atom is 0.407 e. The monoisotopic (exact) mass is 367 g/mol. The molecule has 1 unspecified atom stereocenters. The molecule has 7 nitrogen and oxygen atoms in total. The zero-order valence-electron chi connectivity index (χ0n) is 14.9. The number of hydrogen-bond donors (Lipinski definition) is 2. The number of amides is 2. The van der Waals surface area contributed by atoms with E-state index in [1.165, 1.54) is 0 Å². The first-order valence-corrected chi connectivity index (χ1v) is 9.11. The number of benzene rings is 1. The van der Waals surface area contributed by atoms with Crippen molar-refractivity contribution in [3.8, 4) is 11.3 Å². The molecule has 1 atom stereocenters. The summed E-state index contributed by atoms with van der Waals surface area (Å²) in [6, 6.07) is 12.8. The fourth-order valence-electron chi connectivity index (χ4n) is 3.75. The highest BCUT2D eigenvalue weighted by Gasteiger charge is 2.42. The van der Waals surface area contributed by atoms with Crippen molar-refractivity contribution in [1.82, 2.24) is 15.2 Å². The molecule has 2 aliphatic heterocycles. The molecule has 2 saturated heterocycles. The van der Waals surface area contributed by atoms with Crippen molar-refractivity contribution in [2.45, 2.75) is 24.9 Å². The number of likely N-dealkylation sites (tertiary alicyclic amines) is 1. The highest BCUT2D eigenvalue weighted by atomic mass is 16.6. The number of ether oxygens (including phenoxy) is 1. The second-order valence-corrected chi connectivity index (χ2v) is 7.05. The van der Waals surface area contributed by atoms with Crippen LogP contribution >= 0.6 is 0 Å². The number of nitrogens with zero attached hydrogens (tertiary/aromatic N) is 1. The SMILES string of the molecule is O=C1NCC2(CCCN(C(=O)c3ccc(-c4ccccc4)[nH]c3=O)CC2)O1. The molecule has 0 bridgehead atoms. The van der Waals surface area contributed by atoms with Crippen LogP contribution in [0.15, 0.2) is 47.3 Å². The summed E-state index contributed by atoms with van der Waals surface area (Å²) < 4.78 is 5.44. The van der Waals surface area contributed by atoms with Crippen LogP contribution in [0.25, 0.3) is 11.3 Å². The zero-order chi connectivity index (χ0) is 18.9. The molecule has 3 heterocycles. The molecule has 2 aliphatic rings. The minimum absolute atomic E-state index is 0.132. The molecular formula is C20H21N3O4. The number of H-pyrrole nitrogens is 1. The fourth-order valence-corrected chi connectivity index (χ4v) is 3.75. The molecule has 2 amide bonds. The maximum atomic E-state index is 12.9. The highest BCUT2D eigenvalue weighted by molar-refractivity contribution is 5.94. The number of pyridine rings is 1. The molecule has 2 aromatic rings. The molecule has 1 spiro atoms. The predicted molar refractivity (Wildman–Crippen MR) is 99.5 cm³/mol. The van der Waals surface area contributed by atoms with Crippen LogP contribution in [0, 0.1) is 0 Å². The summed E-state index contributed by atoms with van der Waals surface area (Å²) in [7, 11) is 0. The number of aromatic amines is 1. The van der Waals surface area contributed by atoms with Crippen molar-refractivity contribution >= 4 is 12.0 Å². The van der Waals surface area contributed by atoms with E-state index in [2.05, 4.69) is 10.3 Å². The Bertz CT molecular complexity index is 924. The average Bonchev–Trinajstić information content (AvgIpc) is 2.92. The van der Waals surface area contributed by atoms with Gasteiger partial charge in [-0.3, -0.25) is 9.59 Å². The van der Waals surface area contributed by atoms with Crippen molar-refractivity contribution in [3.63, 3.8) is 0 Å². The average molecular weight is 367 g/mol. The Morgan fingerprint density at radius 2 is 1.85 bits per heavy atom. The van der Waals surface area contributed by atoms with Crippen LogP contribution in [-0.2, 0) is 4.74 Å². The van der Waals surface area contributed by atoms with E-state index in [0.717, 1.165) is 12.0 Å². The van der Waals surface area contributed by atoms with E-state index in [1.807, 2.05) is 30.3 Å². The van der Waals surface area contributed by atoms with Gasteiger partial charge in [-0.05, 0) is 30.5 Å². The Balaban J connectivity index is 1.51. The molecule has 0 aliphatic carbocycles. The van der Waals surface area contributed by atoms with Gasteiger partial charge in [0.2, 0.25) is 0 Å². The molecule has 0 saturated carbocycles. The minimum atomic E-state index is -0.532. The lowest BCUT2D eigenvalue weighted by Crippen LogP contribution is -2.38. The van der Waals surface area contributed by atoms with Crippen molar-refractivity contribution in [2.24, 2.45) is 0 Å². The van der Waals surface area contributed by atoms with Crippen molar-refractivity contribution < 1.29 is 14.3 Å². The summed E-state index contributed by atoms with van der Waals surface area (Å²) in [5.74, 6) is -0.287. The topological polar surface area (TPSA) is 91.5 Å². The minimum Gasteiger partial charge on any atom is -0.441 e. The van der Waals surface area contributed by atoms with Crippen LogP contribution in [0.3, 0.4) is 0 Å². The summed E-state index contributed by atoms with van der Waals surface area (Å²) in [5, 5.41) is 2.69. The van der Waals surface area contributed by atoms with Crippen LogP contribution in [0.5, 0.6) is 0 Å². The number of nitrogens with one attached hydrogen (secondary N) is 2. The van der Waals surface area contributed by atoms with E-state index in [-0.39, 0.29) is 11.5 Å². The molecule has 1 aromatic carbocycles. The molecule has 2 N–H and O–H groups in total. The van der Waals surface area contributed by atoms with E-state index < -0.39 is 17.3 Å². The van der Waals surface area contributed by atoms with Crippen molar-refractivity contribution in [3.05, 3.63) is 58.4 Å². The van der Waals surface area contributed by atoms with Gasteiger partial charge in [0, 0.05) is 25.2 Å². The van der Waals surface area contributed by atoms with Gasteiger partial charge in [-0.25, -0.2) is 4.79 Å². The van der Waals surface area contributed by atoms with E-state index in [9.17, 15) is 14.4 Å². The summed E-state index contributed by atoms with van der Waals surface area (Å²) in [6.07, 6.45) is 1.60. The second-order valence-electron chi connectivity index (χ2n) is 7.05. The van der Waals surface area contributed by atoms with Gasteiger partial charge in [0.25, 0.3) is 11.5 Å². The summed E-state index contributed by atoms with van der Waals surface area (Å²) >= 11 is 0. The van der Waals surface area contributed by atoms with E-state index in [4.69, 9.17) is 4.74 Å². The van der Waals surface area contributed by atoms with Crippen LogP contribution in [-0.4, -0.2) is 47.1 Å². The highest BCUT2D eigenvalue weighted by Crippen LogP contribution is 2.29. The number of alkyl carbamates (subject to hydrolysis) is 1. The lowest BCUT2D eigenvalue weighted by molar-refractivity contribution is 0.0438. The van der Waals surface area contributed by atoms with Gasteiger partial charge in [0.05, 0.1) is 6.54 Å². The Hall–Kier alpha value is -3.09. The van der Waals surface area contributed by atoms with Crippen LogP contribution < -0.4 is 10.9 Å². The van der Waals surface area contributed by atoms with E-state index in [0.29, 0.717) is 38.2 Å². The number of rotatable bonds is 2. The smallest absolute Gasteiger partial charge is 0.407 e. The lowest BCUT2D eigenvalue weighted by atomic mass is 9.95. The maximum absolute atomic E-state index is 12.9. The number of aromatic nitrogens is 1. The van der Waals surface area contributed by atoms with E-state index >= 15 is 0 Å². The third kappa shape index (κ3) is 3.45. The molecule has 0 radical (unpaired) electrons. The first-order valence-electron chi connectivity index (χ1n) is 9.11. The molecule has 27 heavy (non-hydrogen) atoms. The lowest BCUT2D eigenvalue weighted by Gasteiger charge is -2.24. The molecule has 7 heteroatoms. The van der Waals surface area contributed by atoms with Crippen molar-refractivity contribution in [1.29, 1.82) is 0 Å². The predicted octanol–water partition coefficient (Wildman–Crippen LogP) is 2.15. The quantitative estimate of drug-likeness (QED) is 0.851. The normalized spacial score (nSPS) is 22.2. The number of carbonyl (C=O) groups excluding carboxylic acids is 2. The van der Waals surface area contributed by atoms with Crippen LogP contribution in [0.4, 0.5) is 4.79 Å². The summed E-state index contributed by atoms with van der Waals surface area (Å²) in [6.45, 7) is 1.46. The van der Waals surface area contributed by atoms with Crippen LogP contribution in [0.2, 0.25) is 0 Å². The zero-order valence-corrected chi connectivity index (χ0v) is 14.9. The summed E-state index contributed by atoms with van der Waals surface area (Å²) in [4.78, 5) is 41.2. The Kier molecular flexibility index (Phi) is 4.43. The van der Waals surface area contributed by atoms with Crippen molar-refractivity contribution in [2.75, 3.05) is 19.6 Å². The fraction of sp³-hybridized carbons (Fsp3) is 0.350. The number of hydrogen-bond acceptors (Lipinski definition) is 4. The van der Waals surface area contributed by atoms with Gasteiger partial charge in [0.15, 0.2) is 0 Å². The van der Waals surface area contributed by atoms with Gasteiger partial charge < -0.3 is 19.9 Å². The van der Waals surface area contributed by atoms with Gasteiger partial charge in [0.1, 0.15) is 11.2 Å². The Morgan fingerprint density at radius 1 is 1.04 bits per heavy atom. The third-order valence-corrected chi connectivity index (χ3v) is 5.27. The van der Waals surface area contributed by atoms with Gasteiger partial charge in [-0.1, -0.05) is 30.3 Å². The first kappa shape index (κ1) is 17.3. The van der Waals surface area contributed by atoms with Gasteiger partial charge in [-0.15, -0.1) is 0 Å².